The van der Waals surface area contributed by atoms with Crippen molar-refractivity contribution in [3.05, 3.63) is 57.1 Å². The zero-order chi connectivity index (χ0) is 19.5. The van der Waals surface area contributed by atoms with E-state index in [9.17, 15) is 13.2 Å². The minimum Gasteiger partial charge on any atom is -0.358 e. The van der Waals surface area contributed by atoms with E-state index in [-0.39, 0.29) is 10.6 Å². The maximum Gasteiger partial charge on any atom is 0.328 e. The molecule has 0 saturated carbocycles. The second-order valence-corrected chi connectivity index (χ2v) is 8.63. The molecule has 0 radical (unpaired) electrons. The first-order valence-corrected chi connectivity index (χ1v) is 10.1. The molecule has 0 aliphatic rings. The van der Waals surface area contributed by atoms with Crippen molar-refractivity contribution in [3.63, 3.8) is 0 Å². The molecule has 2 aromatic heterocycles. The number of fused-ring (bicyclic) bond motifs is 2. The van der Waals surface area contributed by atoms with Gasteiger partial charge in [0.25, 0.3) is 10.0 Å². The molecule has 2 N–H and O–H groups in total. The van der Waals surface area contributed by atoms with Crippen molar-refractivity contribution in [2.75, 3.05) is 4.72 Å². The lowest BCUT2D eigenvalue weighted by molar-refractivity contribution is 0.601. The number of H-pyrrole nitrogens is 1. The van der Waals surface area contributed by atoms with E-state index in [0.717, 1.165) is 0 Å². The summed E-state index contributed by atoms with van der Waals surface area (Å²) in [4.78, 5) is 15.0. The molecular weight excluding hydrogens is 411 g/mol. The molecule has 2 heterocycles. The standard InChI is InChI=1S/C17H14Cl2N4O3S/c1-22-13-6-3-9(7-14(13)23(2)17(22)24)27(25,26)21-12-5-4-10(18)15-11(19)8-20-16(12)15/h3-8,20-21H,1-2H3. The second-order valence-electron chi connectivity index (χ2n) is 6.14. The third-order valence-corrected chi connectivity index (χ3v) is 6.51. The van der Waals surface area contributed by atoms with Gasteiger partial charge in [0.05, 0.1) is 37.2 Å². The lowest BCUT2D eigenvalue weighted by Gasteiger charge is -2.10. The highest BCUT2D eigenvalue weighted by Crippen LogP contribution is 2.35. The molecule has 0 atom stereocenters. The SMILES string of the molecule is Cn1c(=O)n(C)c2cc(S(=O)(=O)Nc3ccc(Cl)c4c(Cl)c[nH]c34)ccc21. The van der Waals surface area contributed by atoms with Gasteiger partial charge in [-0.1, -0.05) is 23.2 Å². The zero-order valence-corrected chi connectivity index (χ0v) is 16.6. The number of halogens is 2. The lowest BCUT2D eigenvalue weighted by atomic mass is 10.2. The number of hydrogen-bond donors (Lipinski definition) is 2. The number of aromatic amines is 1. The summed E-state index contributed by atoms with van der Waals surface area (Å²) in [7, 11) is -0.670. The Bertz CT molecular complexity index is 1380. The first kappa shape index (κ1) is 18.0. The third kappa shape index (κ3) is 2.72. The van der Waals surface area contributed by atoms with E-state index in [1.54, 1.807) is 38.5 Å². The molecule has 0 amide bonds. The molecule has 0 bridgehead atoms. The smallest absolute Gasteiger partial charge is 0.328 e. The van der Waals surface area contributed by atoms with Crippen molar-refractivity contribution in [2.45, 2.75) is 4.90 Å². The molecule has 4 aromatic rings. The van der Waals surface area contributed by atoms with E-state index in [2.05, 4.69) is 9.71 Å². The minimum atomic E-state index is -3.90. The Morgan fingerprint density at radius 3 is 2.44 bits per heavy atom. The van der Waals surface area contributed by atoms with Gasteiger partial charge in [0.2, 0.25) is 0 Å². The van der Waals surface area contributed by atoms with Crippen LogP contribution in [0.2, 0.25) is 10.0 Å². The fraction of sp³-hybridized carbons (Fsp3) is 0.118. The maximum absolute atomic E-state index is 12.9. The quantitative estimate of drug-likeness (QED) is 0.527. The fourth-order valence-electron chi connectivity index (χ4n) is 3.11. The van der Waals surface area contributed by atoms with Gasteiger partial charge in [0.1, 0.15) is 0 Å². The van der Waals surface area contributed by atoms with Crippen molar-refractivity contribution < 1.29 is 8.42 Å². The summed E-state index contributed by atoms with van der Waals surface area (Å²) in [5, 5.41) is 1.36. The largest absolute Gasteiger partial charge is 0.358 e. The number of benzene rings is 2. The Kier molecular flexibility index (Phi) is 4.03. The van der Waals surface area contributed by atoms with Gasteiger partial charge in [0, 0.05) is 25.7 Å². The number of aryl methyl sites for hydroxylation is 2. The van der Waals surface area contributed by atoms with Crippen molar-refractivity contribution in [1.29, 1.82) is 0 Å². The summed E-state index contributed by atoms with van der Waals surface area (Å²) in [5.41, 5.74) is 1.75. The van der Waals surface area contributed by atoms with E-state index in [1.165, 1.54) is 21.3 Å². The molecular formula is C17H14Cl2N4O3S. The number of nitrogens with zero attached hydrogens (tertiary/aromatic N) is 2. The number of sulfonamides is 1. The number of rotatable bonds is 3. The van der Waals surface area contributed by atoms with Crippen LogP contribution in [0, 0.1) is 0 Å². The predicted octanol–water partition coefficient (Wildman–Crippen LogP) is 3.47. The topological polar surface area (TPSA) is 88.9 Å². The molecule has 7 nitrogen and oxygen atoms in total. The van der Waals surface area contributed by atoms with Gasteiger partial charge in [-0.3, -0.25) is 13.9 Å². The first-order chi connectivity index (χ1) is 12.7. The van der Waals surface area contributed by atoms with Gasteiger partial charge in [0.15, 0.2) is 0 Å². The van der Waals surface area contributed by atoms with Crippen molar-refractivity contribution in [1.82, 2.24) is 14.1 Å². The average molecular weight is 425 g/mol. The van der Waals surface area contributed by atoms with E-state index >= 15 is 0 Å². The van der Waals surface area contributed by atoms with Gasteiger partial charge < -0.3 is 4.98 Å². The van der Waals surface area contributed by atoms with Crippen LogP contribution in [0.4, 0.5) is 5.69 Å². The molecule has 0 fully saturated rings. The van der Waals surface area contributed by atoms with Crippen LogP contribution in [-0.2, 0) is 24.1 Å². The van der Waals surface area contributed by atoms with Crippen molar-refractivity contribution in [3.8, 4) is 0 Å². The Balaban J connectivity index is 1.83. The predicted molar refractivity (Wildman–Crippen MR) is 107 cm³/mol. The van der Waals surface area contributed by atoms with E-state index < -0.39 is 10.0 Å². The molecule has 0 aliphatic heterocycles. The van der Waals surface area contributed by atoms with Crippen LogP contribution in [-0.4, -0.2) is 22.5 Å². The van der Waals surface area contributed by atoms with Crippen LogP contribution in [0.25, 0.3) is 21.9 Å². The first-order valence-electron chi connectivity index (χ1n) is 7.84. The van der Waals surface area contributed by atoms with Gasteiger partial charge in [-0.15, -0.1) is 0 Å². The number of nitrogens with one attached hydrogen (secondary N) is 2. The van der Waals surface area contributed by atoms with Crippen LogP contribution >= 0.6 is 23.2 Å². The minimum absolute atomic E-state index is 0.0388. The Labute approximate surface area is 164 Å². The third-order valence-electron chi connectivity index (χ3n) is 4.53. The molecule has 0 unspecified atom stereocenters. The van der Waals surface area contributed by atoms with Crippen LogP contribution < -0.4 is 10.4 Å². The molecule has 0 saturated heterocycles. The van der Waals surface area contributed by atoms with Crippen LogP contribution in [0.5, 0.6) is 0 Å². The fourth-order valence-corrected chi connectivity index (χ4v) is 4.76. The Morgan fingerprint density at radius 2 is 1.70 bits per heavy atom. The summed E-state index contributed by atoms with van der Waals surface area (Å²) in [6.45, 7) is 0. The Hall–Kier alpha value is -2.42. The molecule has 4 rings (SSSR count). The highest BCUT2D eigenvalue weighted by Gasteiger charge is 2.20. The van der Waals surface area contributed by atoms with Gasteiger partial charge in [-0.05, 0) is 30.3 Å². The molecule has 0 spiro atoms. The highest BCUT2D eigenvalue weighted by molar-refractivity contribution is 7.92. The molecule has 2 aromatic carbocycles. The maximum atomic E-state index is 12.9. The zero-order valence-electron chi connectivity index (χ0n) is 14.2. The van der Waals surface area contributed by atoms with E-state index in [1.807, 2.05) is 0 Å². The van der Waals surface area contributed by atoms with Gasteiger partial charge >= 0.3 is 5.69 Å². The van der Waals surface area contributed by atoms with Gasteiger partial charge in [-0.25, -0.2) is 13.2 Å². The summed E-state index contributed by atoms with van der Waals surface area (Å²) in [6.07, 6.45) is 1.54. The normalized spacial score (nSPS) is 12.1. The monoisotopic (exact) mass is 424 g/mol. The number of imidazole rings is 1. The van der Waals surface area contributed by atoms with Crippen molar-refractivity contribution >= 4 is 60.8 Å². The summed E-state index contributed by atoms with van der Waals surface area (Å²) < 4.78 is 31.2. The van der Waals surface area contributed by atoms with Gasteiger partial charge in [-0.2, -0.15) is 0 Å². The highest BCUT2D eigenvalue weighted by atomic mass is 35.5. The summed E-state index contributed by atoms with van der Waals surface area (Å²) in [5.74, 6) is 0. The Morgan fingerprint density at radius 1 is 1.00 bits per heavy atom. The average Bonchev–Trinajstić information content (AvgIpc) is 3.12. The molecule has 27 heavy (non-hydrogen) atoms. The second kappa shape index (κ2) is 6.05. The molecule has 0 aliphatic carbocycles. The summed E-state index contributed by atoms with van der Waals surface area (Å²) >= 11 is 12.3. The number of anilines is 1. The summed E-state index contributed by atoms with van der Waals surface area (Å²) in [6, 6.07) is 7.67. The lowest BCUT2D eigenvalue weighted by Crippen LogP contribution is -2.19. The molecule has 10 heteroatoms. The van der Waals surface area contributed by atoms with E-state index in [0.29, 0.717) is 37.7 Å². The number of aromatic nitrogens is 3. The van der Waals surface area contributed by atoms with Crippen LogP contribution in [0.3, 0.4) is 0 Å². The number of hydrogen-bond acceptors (Lipinski definition) is 3. The van der Waals surface area contributed by atoms with E-state index in [4.69, 9.17) is 23.2 Å². The molecule has 140 valence electrons. The van der Waals surface area contributed by atoms with Crippen LogP contribution in [0.15, 0.2) is 46.2 Å². The van der Waals surface area contributed by atoms with Crippen LogP contribution in [0.1, 0.15) is 0 Å². The van der Waals surface area contributed by atoms with Crippen molar-refractivity contribution in [2.24, 2.45) is 14.1 Å².